The summed E-state index contributed by atoms with van der Waals surface area (Å²) >= 11 is 2.50. The van der Waals surface area contributed by atoms with Crippen molar-refractivity contribution in [3.05, 3.63) is 54.0 Å². The number of hydrogen-bond donors (Lipinski definition) is 1. The molecule has 0 spiro atoms. The van der Waals surface area contributed by atoms with Crippen LogP contribution in [0.3, 0.4) is 0 Å². The number of halogens is 4. The van der Waals surface area contributed by atoms with Gasteiger partial charge in [-0.1, -0.05) is 29.5 Å². The summed E-state index contributed by atoms with van der Waals surface area (Å²) < 4.78 is 41.3. The molecule has 1 aromatic carbocycles. The van der Waals surface area contributed by atoms with E-state index in [2.05, 4.69) is 39.8 Å². The number of hydrogen-bond acceptors (Lipinski definition) is 3. The lowest BCUT2D eigenvalue weighted by Crippen LogP contribution is -2.22. The largest absolute Gasteiger partial charge is 0.417 e. The zero-order chi connectivity index (χ0) is 22.2. The molecule has 2 aromatic heterocycles. The Kier molecular flexibility index (Phi) is 6.23. The van der Waals surface area contributed by atoms with Gasteiger partial charge in [0.15, 0.2) is 0 Å². The van der Waals surface area contributed by atoms with Gasteiger partial charge in [0.05, 0.1) is 22.7 Å². The van der Waals surface area contributed by atoms with Gasteiger partial charge in [0, 0.05) is 33.6 Å². The lowest BCUT2D eigenvalue weighted by molar-refractivity contribution is -0.137. The van der Waals surface area contributed by atoms with Crippen molar-refractivity contribution >= 4 is 45.1 Å². The molecule has 1 aliphatic carbocycles. The number of nitrogens with one attached hydrogen (secondary N) is 1. The second kappa shape index (κ2) is 8.76. The third-order valence-electron chi connectivity index (χ3n) is 5.87. The van der Waals surface area contributed by atoms with E-state index in [1.165, 1.54) is 12.8 Å². The van der Waals surface area contributed by atoms with E-state index in [4.69, 9.17) is 5.10 Å². The molecule has 1 amide bonds. The van der Waals surface area contributed by atoms with Crippen LogP contribution in [-0.2, 0) is 6.18 Å². The second-order valence-electron chi connectivity index (χ2n) is 8.04. The first-order chi connectivity index (χ1) is 14.7. The number of nitrogens with zero attached hydrogens (tertiary/aromatic N) is 3. The Morgan fingerprint density at radius 2 is 1.94 bits per heavy atom. The lowest BCUT2D eigenvalue weighted by Gasteiger charge is -2.30. The van der Waals surface area contributed by atoms with E-state index in [0.717, 1.165) is 41.9 Å². The molecule has 9 heteroatoms. The molecule has 0 aliphatic heterocycles. The van der Waals surface area contributed by atoms with Crippen molar-refractivity contribution < 1.29 is 18.0 Å². The molecule has 5 nitrogen and oxygen atoms in total. The van der Waals surface area contributed by atoms with Gasteiger partial charge >= 0.3 is 6.18 Å². The number of fused-ring (bicyclic) bond motifs is 1. The zero-order valence-corrected chi connectivity index (χ0v) is 19.0. The quantitative estimate of drug-likeness (QED) is 0.313. The Morgan fingerprint density at radius 1 is 1.19 bits per heavy atom. The van der Waals surface area contributed by atoms with Gasteiger partial charge in [-0.25, -0.2) is 0 Å². The van der Waals surface area contributed by atoms with E-state index in [1.807, 2.05) is 16.9 Å². The number of benzene rings is 1. The van der Waals surface area contributed by atoms with Crippen LogP contribution in [0.2, 0.25) is 0 Å². The summed E-state index contributed by atoms with van der Waals surface area (Å²) in [7, 11) is 0. The highest BCUT2D eigenvalue weighted by Crippen LogP contribution is 2.36. The number of alkyl halides is 4. The minimum Gasteiger partial charge on any atom is -0.322 e. The first-order valence-corrected chi connectivity index (χ1v) is 11.4. The standard InChI is InChI=1S/C22H22F3IN4O/c1-13(26)14-2-5-19(6-3-14)30-12-16-9-18(4-7-20(16)29-30)28-21(31)15-8-17(11-27-10-15)22(23,24)25/h4,7-14,19H,2-3,5-6H2,1H3,(H,28,31)/t13?,14-,19-. The van der Waals surface area contributed by atoms with Crippen LogP contribution in [0.25, 0.3) is 10.9 Å². The molecular formula is C22H22F3IN4O. The number of pyridine rings is 1. The molecule has 1 aliphatic rings. The van der Waals surface area contributed by atoms with Crippen LogP contribution in [-0.4, -0.2) is 24.6 Å². The molecule has 1 saturated carbocycles. The minimum atomic E-state index is -4.55. The van der Waals surface area contributed by atoms with E-state index >= 15 is 0 Å². The predicted molar refractivity (Wildman–Crippen MR) is 121 cm³/mol. The Labute approximate surface area is 191 Å². The van der Waals surface area contributed by atoms with Gasteiger partial charge in [-0.2, -0.15) is 18.3 Å². The third kappa shape index (κ3) is 5.02. The Bertz CT molecular complexity index is 1090. The van der Waals surface area contributed by atoms with Gasteiger partial charge in [0.25, 0.3) is 5.91 Å². The van der Waals surface area contributed by atoms with Gasteiger partial charge in [-0.3, -0.25) is 14.5 Å². The van der Waals surface area contributed by atoms with E-state index < -0.39 is 17.6 Å². The molecule has 31 heavy (non-hydrogen) atoms. The molecule has 4 rings (SSSR count). The van der Waals surface area contributed by atoms with E-state index in [9.17, 15) is 18.0 Å². The summed E-state index contributed by atoms with van der Waals surface area (Å²) in [5, 5.41) is 8.22. The number of rotatable bonds is 4. The molecule has 1 atom stereocenters. The van der Waals surface area contributed by atoms with Crippen molar-refractivity contribution in [3.63, 3.8) is 0 Å². The molecule has 1 fully saturated rings. The van der Waals surface area contributed by atoms with Gasteiger partial charge in [-0.15, -0.1) is 0 Å². The van der Waals surface area contributed by atoms with Crippen molar-refractivity contribution in [2.24, 2.45) is 5.92 Å². The van der Waals surface area contributed by atoms with Crippen LogP contribution in [0, 0.1) is 5.92 Å². The molecule has 1 unspecified atom stereocenters. The average molecular weight is 542 g/mol. The maximum absolute atomic E-state index is 12.9. The van der Waals surface area contributed by atoms with Gasteiger partial charge in [0.2, 0.25) is 0 Å². The number of anilines is 1. The second-order valence-corrected chi connectivity index (χ2v) is 10.0. The fraction of sp³-hybridized carbons (Fsp3) is 0.409. The van der Waals surface area contributed by atoms with Gasteiger partial charge in [0.1, 0.15) is 0 Å². The molecule has 1 N–H and O–H groups in total. The summed E-state index contributed by atoms with van der Waals surface area (Å²) in [6.45, 7) is 2.26. The van der Waals surface area contributed by atoms with Crippen LogP contribution in [0.15, 0.2) is 42.9 Å². The molecule has 3 aromatic rings. The highest BCUT2D eigenvalue weighted by atomic mass is 127. The Morgan fingerprint density at radius 3 is 2.61 bits per heavy atom. The fourth-order valence-electron chi connectivity index (χ4n) is 4.06. The Hall–Kier alpha value is -2.17. The van der Waals surface area contributed by atoms with Crippen molar-refractivity contribution in [1.29, 1.82) is 0 Å². The first-order valence-electron chi connectivity index (χ1n) is 10.2. The number of carbonyl (C=O) groups excluding carboxylic acids is 1. The third-order valence-corrected chi connectivity index (χ3v) is 6.89. The Balaban J connectivity index is 1.48. The monoisotopic (exact) mass is 542 g/mol. The maximum atomic E-state index is 12.9. The molecule has 0 bridgehead atoms. The minimum absolute atomic E-state index is 0.146. The maximum Gasteiger partial charge on any atom is 0.417 e. The number of amides is 1. The molecule has 0 saturated heterocycles. The summed E-state index contributed by atoms with van der Waals surface area (Å²) in [5.74, 6) is 0.116. The fourth-order valence-corrected chi connectivity index (χ4v) is 4.78. The van der Waals surface area contributed by atoms with Crippen LogP contribution < -0.4 is 5.32 Å². The normalized spacial score (nSPS) is 20.5. The molecular weight excluding hydrogens is 520 g/mol. The molecule has 2 heterocycles. The summed E-state index contributed by atoms with van der Waals surface area (Å²) in [6, 6.07) is 6.47. The molecule has 0 radical (unpaired) electrons. The van der Waals surface area contributed by atoms with Crippen molar-refractivity contribution in [1.82, 2.24) is 14.8 Å². The highest BCUT2D eigenvalue weighted by molar-refractivity contribution is 14.1. The highest BCUT2D eigenvalue weighted by Gasteiger charge is 2.31. The number of aromatic nitrogens is 3. The van der Waals surface area contributed by atoms with Crippen LogP contribution in [0.1, 0.15) is 54.6 Å². The van der Waals surface area contributed by atoms with E-state index in [-0.39, 0.29) is 5.56 Å². The van der Waals surface area contributed by atoms with Crippen LogP contribution in [0.5, 0.6) is 0 Å². The predicted octanol–water partition coefficient (Wildman–Crippen LogP) is 6.26. The number of carbonyl (C=O) groups is 1. The average Bonchev–Trinajstić information content (AvgIpc) is 3.16. The first kappa shape index (κ1) is 22.0. The smallest absolute Gasteiger partial charge is 0.322 e. The van der Waals surface area contributed by atoms with E-state index in [1.54, 1.807) is 12.1 Å². The SMILES string of the molecule is CC(I)[C@H]1CC[C@H](n2cc3cc(NC(=O)c4cncc(C(F)(F)F)c4)ccc3n2)CC1. The zero-order valence-electron chi connectivity index (χ0n) is 16.9. The summed E-state index contributed by atoms with van der Waals surface area (Å²) in [4.78, 5) is 16.0. The van der Waals surface area contributed by atoms with Gasteiger partial charge < -0.3 is 5.32 Å². The lowest BCUT2D eigenvalue weighted by atomic mass is 9.84. The topological polar surface area (TPSA) is 59.8 Å². The van der Waals surface area contributed by atoms with E-state index in [0.29, 0.717) is 21.9 Å². The summed E-state index contributed by atoms with van der Waals surface area (Å²) in [6.07, 6.45) is 3.82. The van der Waals surface area contributed by atoms with Gasteiger partial charge in [-0.05, 0) is 55.9 Å². The summed E-state index contributed by atoms with van der Waals surface area (Å²) in [5.41, 5.74) is 0.218. The van der Waals surface area contributed by atoms with Crippen molar-refractivity contribution in [2.75, 3.05) is 5.32 Å². The van der Waals surface area contributed by atoms with Crippen LogP contribution in [0.4, 0.5) is 18.9 Å². The molecule has 164 valence electrons. The van der Waals surface area contributed by atoms with Crippen LogP contribution >= 0.6 is 22.6 Å². The van der Waals surface area contributed by atoms with Crippen molar-refractivity contribution in [3.8, 4) is 0 Å². The van der Waals surface area contributed by atoms with Crippen molar-refractivity contribution in [2.45, 2.75) is 48.7 Å².